The molecule has 7 heteroatoms. The number of rotatable bonds is 5. The standard InChI is InChI=1S/C18H19N5OS/c24-17(20-9-13-6-7-19-8-13)16-12-25-18(22-16)14-10-21-23(11-14)15-4-2-1-3-5-15/h1-5,10-13,19H,6-9H2,(H,20,24). The lowest BCUT2D eigenvalue weighted by atomic mass is 10.1. The van der Waals surface area contributed by atoms with Gasteiger partial charge in [-0.1, -0.05) is 18.2 Å². The molecular formula is C18H19N5OS. The van der Waals surface area contributed by atoms with E-state index in [0.29, 0.717) is 18.2 Å². The van der Waals surface area contributed by atoms with Gasteiger partial charge in [0.1, 0.15) is 10.7 Å². The Kier molecular flexibility index (Phi) is 4.58. The highest BCUT2D eigenvalue weighted by Crippen LogP contribution is 2.24. The number of nitrogens with one attached hydrogen (secondary N) is 2. The first-order chi connectivity index (χ1) is 12.3. The van der Waals surface area contributed by atoms with Gasteiger partial charge in [-0.25, -0.2) is 9.67 Å². The molecule has 0 saturated carbocycles. The summed E-state index contributed by atoms with van der Waals surface area (Å²) in [7, 11) is 0. The number of benzene rings is 1. The Morgan fingerprint density at radius 2 is 2.24 bits per heavy atom. The van der Waals surface area contributed by atoms with Crippen LogP contribution in [-0.2, 0) is 0 Å². The van der Waals surface area contributed by atoms with Crippen molar-refractivity contribution >= 4 is 17.2 Å². The zero-order valence-electron chi connectivity index (χ0n) is 13.7. The second-order valence-electron chi connectivity index (χ2n) is 6.12. The van der Waals surface area contributed by atoms with E-state index in [1.807, 2.05) is 41.2 Å². The smallest absolute Gasteiger partial charge is 0.270 e. The van der Waals surface area contributed by atoms with Crippen molar-refractivity contribution in [2.75, 3.05) is 19.6 Å². The lowest BCUT2D eigenvalue weighted by Gasteiger charge is -2.08. The average molecular weight is 353 g/mol. The number of carbonyl (C=O) groups is 1. The number of aromatic nitrogens is 3. The predicted octanol–water partition coefficient (Wildman–Crippen LogP) is 2.34. The largest absolute Gasteiger partial charge is 0.350 e. The van der Waals surface area contributed by atoms with E-state index in [1.165, 1.54) is 11.3 Å². The Morgan fingerprint density at radius 1 is 1.36 bits per heavy atom. The Hall–Kier alpha value is -2.51. The molecule has 1 aliphatic rings. The highest BCUT2D eigenvalue weighted by atomic mass is 32.1. The Bertz CT molecular complexity index is 851. The molecule has 1 fully saturated rings. The van der Waals surface area contributed by atoms with Crippen LogP contribution in [0.15, 0.2) is 48.1 Å². The fourth-order valence-electron chi connectivity index (χ4n) is 2.88. The van der Waals surface area contributed by atoms with Crippen molar-refractivity contribution in [3.8, 4) is 16.3 Å². The van der Waals surface area contributed by atoms with Gasteiger partial charge in [-0.15, -0.1) is 11.3 Å². The summed E-state index contributed by atoms with van der Waals surface area (Å²) >= 11 is 1.46. The quantitative estimate of drug-likeness (QED) is 0.738. The molecule has 1 aromatic carbocycles. The van der Waals surface area contributed by atoms with Crippen LogP contribution in [0, 0.1) is 5.92 Å². The van der Waals surface area contributed by atoms with Crippen molar-refractivity contribution < 1.29 is 4.79 Å². The number of para-hydroxylation sites is 1. The minimum atomic E-state index is -0.107. The lowest BCUT2D eigenvalue weighted by molar-refractivity contribution is 0.0944. The minimum Gasteiger partial charge on any atom is -0.350 e. The normalized spacial score (nSPS) is 16.9. The molecule has 0 spiro atoms. The second-order valence-corrected chi connectivity index (χ2v) is 6.97. The van der Waals surface area contributed by atoms with Crippen LogP contribution in [-0.4, -0.2) is 40.3 Å². The third kappa shape index (κ3) is 3.62. The van der Waals surface area contributed by atoms with Crippen molar-refractivity contribution in [3.63, 3.8) is 0 Å². The van der Waals surface area contributed by atoms with Gasteiger partial charge < -0.3 is 10.6 Å². The molecule has 6 nitrogen and oxygen atoms in total. The maximum Gasteiger partial charge on any atom is 0.270 e. The molecule has 4 rings (SSSR count). The zero-order chi connectivity index (χ0) is 17.1. The van der Waals surface area contributed by atoms with Gasteiger partial charge in [0.15, 0.2) is 0 Å². The summed E-state index contributed by atoms with van der Waals surface area (Å²) in [5.41, 5.74) is 2.37. The maximum atomic E-state index is 12.3. The highest BCUT2D eigenvalue weighted by Gasteiger charge is 2.17. The van der Waals surface area contributed by atoms with Crippen LogP contribution in [0.5, 0.6) is 0 Å². The maximum absolute atomic E-state index is 12.3. The summed E-state index contributed by atoms with van der Waals surface area (Å²) < 4.78 is 1.81. The topological polar surface area (TPSA) is 71.8 Å². The van der Waals surface area contributed by atoms with Gasteiger partial charge in [0.05, 0.1) is 11.9 Å². The van der Waals surface area contributed by atoms with E-state index in [0.717, 1.165) is 35.8 Å². The van der Waals surface area contributed by atoms with Crippen molar-refractivity contribution in [2.24, 2.45) is 5.92 Å². The van der Waals surface area contributed by atoms with Gasteiger partial charge in [0, 0.05) is 23.7 Å². The van der Waals surface area contributed by atoms with Crippen molar-refractivity contribution in [2.45, 2.75) is 6.42 Å². The molecule has 0 radical (unpaired) electrons. The van der Waals surface area contributed by atoms with Gasteiger partial charge in [-0.05, 0) is 37.6 Å². The molecule has 0 bridgehead atoms. The molecule has 2 N–H and O–H groups in total. The Labute approximate surface area is 149 Å². The van der Waals surface area contributed by atoms with Crippen LogP contribution in [0.2, 0.25) is 0 Å². The van der Waals surface area contributed by atoms with Gasteiger partial charge in [0.2, 0.25) is 0 Å². The summed E-state index contributed by atoms with van der Waals surface area (Å²) in [5, 5.41) is 13.3. The van der Waals surface area contributed by atoms with Gasteiger partial charge >= 0.3 is 0 Å². The van der Waals surface area contributed by atoms with E-state index in [9.17, 15) is 4.79 Å². The molecule has 2 aromatic heterocycles. The number of nitrogens with zero attached hydrogens (tertiary/aromatic N) is 3. The van der Waals surface area contributed by atoms with Crippen LogP contribution >= 0.6 is 11.3 Å². The molecule has 3 heterocycles. The van der Waals surface area contributed by atoms with E-state index in [-0.39, 0.29) is 5.91 Å². The summed E-state index contributed by atoms with van der Waals surface area (Å²) in [5.74, 6) is 0.413. The van der Waals surface area contributed by atoms with E-state index < -0.39 is 0 Å². The van der Waals surface area contributed by atoms with Crippen LogP contribution in [0.25, 0.3) is 16.3 Å². The molecule has 3 aromatic rings. The number of carbonyl (C=O) groups excluding carboxylic acids is 1. The van der Waals surface area contributed by atoms with E-state index >= 15 is 0 Å². The Morgan fingerprint density at radius 3 is 3.04 bits per heavy atom. The summed E-state index contributed by atoms with van der Waals surface area (Å²) in [6.45, 7) is 2.71. The SMILES string of the molecule is O=C(NCC1CCNC1)c1csc(-c2cnn(-c3ccccc3)c2)n1. The second kappa shape index (κ2) is 7.16. The fraction of sp³-hybridized carbons (Fsp3) is 0.278. The third-order valence-electron chi connectivity index (χ3n) is 4.30. The summed E-state index contributed by atoms with van der Waals surface area (Å²) in [6.07, 6.45) is 4.82. The van der Waals surface area contributed by atoms with Gasteiger partial charge in [0.25, 0.3) is 5.91 Å². The lowest BCUT2D eigenvalue weighted by Crippen LogP contribution is -2.30. The van der Waals surface area contributed by atoms with E-state index in [4.69, 9.17) is 0 Å². The number of hydrogen-bond donors (Lipinski definition) is 2. The van der Waals surface area contributed by atoms with Gasteiger partial charge in [-0.2, -0.15) is 5.10 Å². The third-order valence-corrected chi connectivity index (χ3v) is 5.19. The number of amides is 1. The highest BCUT2D eigenvalue weighted by molar-refractivity contribution is 7.13. The van der Waals surface area contributed by atoms with Crippen molar-refractivity contribution in [1.82, 2.24) is 25.4 Å². The molecule has 1 unspecified atom stereocenters. The molecule has 1 amide bonds. The number of thiazole rings is 1. The van der Waals surface area contributed by atoms with E-state index in [2.05, 4.69) is 20.7 Å². The fourth-order valence-corrected chi connectivity index (χ4v) is 3.66. The molecular weight excluding hydrogens is 334 g/mol. The molecule has 1 saturated heterocycles. The van der Waals surface area contributed by atoms with Crippen LogP contribution in [0.4, 0.5) is 0 Å². The first kappa shape index (κ1) is 16.0. The first-order valence-corrected chi connectivity index (χ1v) is 9.22. The van der Waals surface area contributed by atoms with Crippen molar-refractivity contribution in [1.29, 1.82) is 0 Å². The van der Waals surface area contributed by atoms with Gasteiger partial charge in [-0.3, -0.25) is 4.79 Å². The van der Waals surface area contributed by atoms with Crippen LogP contribution < -0.4 is 10.6 Å². The predicted molar refractivity (Wildman–Crippen MR) is 98.0 cm³/mol. The first-order valence-electron chi connectivity index (χ1n) is 8.34. The molecule has 1 atom stereocenters. The van der Waals surface area contributed by atoms with Crippen LogP contribution in [0.1, 0.15) is 16.9 Å². The van der Waals surface area contributed by atoms with Crippen LogP contribution in [0.3, 0.4) is 0 Å². The molecule has 25 heavy (non-hydrogen) atoms. The Balaban J connectivity index is 1.44. The molecule has 1 aliphatic heterocycles. The molecule has 128 valence electrons. The van der Waals surface area contributed by atoms with E-state index in [1.54, 1.807) is 11.6 Å². The minimum absolute atomic E-state index is 0.107. The summed E-state index contributed by atoms with van der Waals surface area (Å²) in [4.78, 5) is 16.7. The number of hydrogen-bond acceptors (Lipinski definition) is 5. The summed E-state index contributed by atoms with van der Waals surface area (Å²) in [6, 6.07) is 9.91. The average Bonchev–Trinajstić information content (AvgIpc) is 3.41. The molecule has 0 aliphatic carbocycles. The zero-order valence-corrected chi connectivity index (χ0v) is 14.5. The monoisotopic (exact) mass is 353 g/mol. The van der Waals surface area contributed by atoms with Crippen molar-refractivity contribution in [3.05, 3.63) is 53.8 Å².